The molecule has 1 aliphatic heterocycles. The van der Waals surface area contributed by atoms with Crippen LogP contribution >= 0.6 is 11.3 Å². The molecule has 2 heterocycles. The minimum absolute atomic E-state index is 0.0195. The summed E-state index contributed by atoms with van der Waals surface area (Å²) in [6.45, 7) is 2.61. The highest BCUT2D eigenvalue weighted by Crippen LogP contribution is 2.35. The Morgan fingerprint density at radius 2 is 1.97 bits per heavy atom. The molecule has 1 N–H and O–H groups in total. The van der Waals surface area contributed by atoms with E-state index in [4.69, 9.17) is 9.47 Å². The summed E-state index contributed by atoms with van der Waals surface area (Å²) < 4.78 is 27.8. The molecule has 2 aliphatic rings. The highest BCUT2D eigenvalue weighted by Gasteiger charge is 2.47. The van der Waals surface area contributed by atoms with E-state index < -0.39 is 11.6 Å². The first-order valence-electron chi connectivity index (χ1n) is 13.2. The Labute approximate surface area is 226 Å². The van der Waals surface area contributed by atoms with E-state index in [9.17, 15) is 9.59 Å². The fourth-order valence-electron chi connectivity index (χ4n) is 5.43. The largest absolute Gasteiger partial charge is 0.469 e. The van der Waals surface area contributed by atoms with Crippen LogP contribution in [0.15, 0.2) is 42.5 Å². The van der Waals surface area contributed by atoms with Gasteiger partial charge < -0.3 is 14.8 Å². The molecule has 7 nitrogen and oxygen atoms in total. The lowest BCUT2D eigenvalue weighted by molar-refractivity contribution is -0.155. The molecule has 3 aromatic rings. The number of nitrogens with one attached hydrogen (secondary N) is 1. The lowest BCUT2D eigenvalue weighted by atomic mass is 9.87. The molecule has 202 valence electrons. The second kappa shape index (κ2) is 11.5. The first-order valence-corrected chi connectivity index (χ1v) is 14.1. The highest BCUT2D eigenvalue weighted by atomic mass is 32.1. The van der Waals surface area contributed by atoms with E-state index in [1.54, 1.807) is 0 Å². The van der Waals surface area contributed by atoms with Crippen LogP contribution in [0.1, 0.15) is 49.7 Å². The third-order valence-corrected chi connectivity index (χ3v) is 8.68. The summed E-state index contributed by atoms with van der Waals surface area (Å²) in [4.78, 5) is 31.2. The predicted octanol–water partition coefficient (Wildman–Crippen LogP) is 5.93. The number of ketones is 1. The second-order valence-electron chi connectivity index (χ2n) is 10.3. The molecule has 38 heavy (non-hydrogen) atoms. The van der Waals surface area contributed by atoms with Gasteiger partial charge in [-0.25, -0.2) is 14.3 Å². The Morgan fingerprint density at radius 1 is 1.18 bits per heavy atom. The molecule has 0 amide bonds. The minimum Gasteiger partial charge on any atom is -0.469 e. The van der Waals surface area contributed by atoms with Crippen LogP contribution < -0.4 is 5.32 Å². The SMILES string of the molecule is COC(=O)C1CCC(OCN2CCCC2(F)C(=O)Cc2ccc3nc(Nc4ccccc4C)sc3c2)CC1. The van der Waals surface area contributed by atoms with Crippen LogP contribution in [-0.4, -0.2) is 53.9 Å². The Hall–Kier alpha value is -2.88. The van der Waals surface area contributed by atoms with Gasteiger partial charge in [-0.15, -0.1) is 0 Å². The number of anilines is 2. The molecule has 2 fully saturated rings. The van der Waals surface area contributed by atoms with E-state index in [0.29, 0.717) is 25.8 Å². The monoisotopic (exact) mass is 539 g/mol. The molecule has 1 unspecified atom stereocenters. The molecule has 1 aliphatic carbocycles. The Morgan fingerprint density at radius 3 is 2.74 bits per heavy atom. The molecule has 0 bridgehead atoms. The average Bonchev–Trinajstić information content (AvgIpc) is 3.51. The Kier molecular flexibility index (Phi) is 8.07. The molecular weight excluding hydrogens is 505 g/mol. The second-order valence-corrected chi connectivity index (χ2v) is 11.3. The molecule has 0 radical (unpaired) electrons. The number of para-hydroxylation sites is 1. The topological polar surface area (TPSA) is 80.8 Å². The highest BCUT2D eigenvalue weighted by molar-refractivity contribution is 7.22. The molecule has 9 heteroatoms. The van der Waals surface area contributed by atoms with E-state index in [1.807, 2.05) is 49.4 Å². The smallest absolute Gasteiger partial charge is 0.308 e. The van der Waals surface area contributed by atoms with E-state index in [1.165, 1.54) is 23.3 Å². The van der Waals surface area contributed by atoms with E-state index in [2.05, 4.69) is 10.3 Å². The Balaban J connectivity index is 1.19. The number of benzene rings is 2. The van der Waals surface area contributed by atoms with Crippen LogP contribution in [0.2, 0.25) is 0 Å². The summed E-state index contributed by atoms with van der Waals surface area (Å²) >= 11 is 1.51. The van der Waals surface area contributed by atoms with E-state index in [0.717, 1.165) is 45.0 Å². The maximum Gasteiger partial charge on any atom is 0.308 e. The van der Waals surface area contributed by atoms with Gasteiger partial charge in [0.25, 0.3) is 0 Å². The van der Waals surface area contributed by atoms with Gasteiger partial charge in [-0.3, -0.25) is 9.59 Å². The number of aryl methyl sites for hydroxylation is 1. The van der Waals surface area contributed by atoms with Crippen molar-refractivity contribution < 1.29 is 23.5 Å². The fraction of sp³-hybridized carbons (Fsp3) is 0.483. The number of esters is 1. The lowest BCUT2D eigenvalue weighted by Crippen LogP contribution is -2.49. The van der Waals surface area contributed by atoms with Crippen LogP contribution in [0.5, 0.6) is 0 Å². The predicted molar refractivity (Wildman–Crippen MR) is 146 cm³/mol. The van der Waals surface area contributed by atoms with Crippen molar-refractivity contribution in [2.24, 2.45) is 5.92 Å². The lowest BCUT2D eigenvalue weighted by Gasteiger charge is -2.33. The first-order chi connectivity index (χ1) is 18.4. The zero-order chi connectivity index (χ0) is 26.7. The van der Waals surface area contributed by atoms with Crippen molar-refractivity contribution in [2.45, 2.75) is 63.8 Å². The molecular formula is C29H34FN3O4S. The maximum absolute atomic E-state index is 16.0. The number of nitrogens with zero attached hydrogens (tertiary/aromatic N) is 2. The number of thiazole rings is 1. The summed E-state index contributed by atoms with van der Waals surface area (Å²) in [5.41, 5.74) is 3.75. The van der Waals surface area contributed by atoms with Gasteiger partial charge in [0.2, 0.25) is 5.79 Å². The van der Waals surface area contributed by atoms with Crippen LogP contribution in [0.25, 0.3) is 10.2 Å². The number of hydrogen-bond donors (Lipinski definition) is 1. The van der Waals surface area contributed by atoms with Crippen LogP contribution in [0.3, 0.4) is 0 Å². The van der Waals surface area contributed by atoms with E-state index >= 15 is 4.39 Å². The summed E-state index contributed by atoms with van der Waals surface area (Å²) in [5, 5.41) is 4.14. The van der Waals surface area contributed by atoms with Crippen molar-refractivity contribution in [1.29, 1.82) is 0 Å². The number of likely N-dealkylation sites (tertiary alicyclic amines) is 1. The number of ether oxygens (including phenoxy) is 2. The summed E-state index contributed by atoms with van der Waals surface area (Å²) in [6, 6.07) is 13.7. The van der Waals surface area contributed by atoms with Crippen LogP contribution in [0, 0.1) is 12.8 Å². The molecule has 1 saturated heterocycles. The zero-order valence-corrected chi connectivity index (χ0v) is 22.7. The number of rotatable bonds is 9. The Bertz CT molecular complexity index is 1310. The van der Waals surface area contributed by atoms with Crippen molar-refractivity contribution in [3.8, 4) is 0 Å². The van der Waals surface area contributed by atoms with Crippen molar-refractivity contribution in [1.82, 2.24) is 9.88 Å². The number of hydrogen-bond acceptors (Lipinski definition) is 8. The first kappa shape index (κ1) is 26.7. The third kappa shape index (κ3) is 5.75. The molecule has 1 saturated carbocycles. The molecule has 1 aromatic heterocycles. The standard InChI is InChI=1S/C29H34FN3O4S/c1-19-6-3-4-7-23(19)31-28-32-24-13-8-20(16-25(24)38-28)17-26(34)29(30)14-5-15-33(29)18-37-22-11-9-21(10-12-22)27(35)36-2/h3-4,6-8,13,16,21-22H,5,9-12,14-15,17-18H2,1-2H3,(H,31,32). The van der Waals surface area contributed by atoms with Gasteiger partial charge >= 0.3 is 5.97 Å². The summed E-state index contributed by atoms with van der Waals surface area (Å²) in [7, 11) is 1.41. The number of methoxy groups -OCH3 is 1. The van der Waals surface area contributed by atoms with Gasteiger partial charge in [-0.1, -0.05) is 35.6 Å². The number of carbonyl (C=O) groups excluding carboxylic acids is 2. The van der Waals surface area contributed by atoms with E-state index in [-0.39, 0.29) is 37.6 Å². The average molecular weight is 540 g/mol. The fourth-order valence-corrected chi connectivity index (χ4v) is 6.37. The number of fused-ring (bicyclic) bond motifs is 1. The van der Waals surface area contributed by atoms with Crippen molar-refractivity contribution in [3.63, 3.8) is 0 Å². The van der Waals surface area contributed by atoms with Gasteiger partial charge in [-0.05, 0) is 68.4 Å². The molecule has 2 aromatic carbocycles. The number of aromatic nitrogens is 1. The third-order valence-electron chi connectivity index (χ3n) is 7.74. The molecule has 0 spiro atoms. The minimum atomic E-state index is -2.02. The number of Topliss-reactive ketones (excluding diaryl/α,β-unsaturated/α-hetero) is 1. The molecule has 5 rings (SSSR count). The van der Waals surface area contributed by atoms with Crippen LogP contribution in [-0.2, 0) is 25.5 Å². The van der Waals surface area contributed by atoms with Gasteiger partial charge in [-0.2, -0.15) is 0 Å². The maximum atomic E-state index is 16.0. The number of halogens is 1. The molecule has 1 atom stereocenters. The van der Waals surface area contributed by atoms with Gasteiger partial charge in [0.1, 0.15) is 6.73 Å². The number of carbonyl (C=O) groups is 2. The van der Waals surface area contributed by atoms with Gasteiger partial charge in [0.05, 0.1) is 29.3 Å². The number of alkyl halides is 1. The summed E-state index contributed by atoms with van der Waals surface area (Å²) in [6.07, 6.45) is 3.66. The van der Waals surface area contributed by atoms with Crippen LogP contribution in [0.4, 0.5) is 15.2 Å². The quantitative estimate of drug-likeness (QED) is 0.267. The normalized spacial score (nSPS) is 24.0. The van der Waals surface area contributed by atoms with Crippen molar-refractivity contribution >= 4 is 44.1 Å². The van der Waals surface area contributed by atoms with Gasteiger partial charge in [0, 0.05) is 25.1 Å². The van der Waals surface area contributed by atoms with Crippen molar-refractivity contribution in [2.75, 3.05) is 25.7 Å². The van der Waals surface area contributed by atoms with Crippen molar-refractivity contribution in [3.05, 3.63) is 53.6 Å². The summed E-state index contributed by atoms with van der Waals surface area (Å²) in [5.74, 6) is -2.72. The van der Waals surface area contributed by atoms with Gasteiger partial charge in [0.15, 0.2) is 10.9 Å². The zero-order valence-electron chi connectivity index (χ0n) is 21.9.